The zero-order valence-electron chi connectivity index (χ0n) is 14.6. The molecule has 4 N–H and O–H groups in total. The Kier molecular flexibility index (Phi) is 6.23. The maximum atomic E-state index is 13.0. The maximum absolute atomic E-state index is 13.0. The molecule has 0 radical (unpaired) electrons. The van der Waals surface area contributed by atoms with E-state index in [0.717, 1.165) is 10.5 Å². The van der Waals surface area contributed by atoms with Crippen LogP contribution < -0.4 is 11.1 Å². The molecule has 0 aliphatic heterocycles. The summed E-state index contributed by atoms with van der Waals surface area (Å²) in [7, 11) is 0. The van der Waals surface area contributed by atoms with E-state index in [2.05, 4.69) is 5.32 Å². The molecule has 1 atom stereocenters. The summed E-state index contributed by atoms with van der Waals surface area (Å²) in [4.78, 5) is 25.2. The van der Waals surface area contributed by atoms with E-state index in [-0.39, 0.29) is 16.5 Å². The first-order chi connectivity index (χ1) is 13.4. The highest BCUT2D eigenvalue weighted by Gasteiger charge is 2.23. The normalized spacial score (nSPS) is 11.6. The van der Waals surface area contributed by atoms with Crippen molar-refractivity contribution < 1.29 is 14.7 Å². The number of hydrogen-bond acceptors (Lipinski definition) is 4. The van der Waals surface area contributed by atoms with Crippen molar-refractivity contribution >= 4 is 46.6 Å². The summed E-state index contributed by atoms with van der Waals surface area (Å²) >= 11 is 7.28. The van der Waals surface area contributed by atoms with Crippen molar-refractivity contribution in [3.63, 3.8) is 0 Å². The first-order valence-electron chi connectivity index (χ1n) is 8.35. The smallest absolute Gasteiger partial charge is 0.337 e. The molecule has 1 unspecified atom stereocenters. The van der Waals surface area contributed by atoms with Crippen LogP contribution in [-0.2, 0) is 4.79 Å². The summed E-state index contributed by atoms with van der Waals surface area (Å²) in [6.45, 7) is 0. The van der Waals surface area contributed by atoms with Crippen molar-refractivity contribution in [3.8, 4) is 0 Å². The Hall–Kier alpha value is -2.96. The third-order valence-corrected chi connectivity index (χ3v) is 5.53. The van der Waals surface area contributed by atoms with Crippen molar-refractivity contribution in [1.82, 2.24) is 0 Å². The van der Waals surface area contributed by atoms with Crippen molar-refractivity contribution in [2.24, 2.45) is 0 Å². The number of nitrogens with two attached hydrogens (primary N) is 1. The fourth-order valence-corrected chi connectivity index (χ4v) is 3.78. The molecule has 0 aliphatic carbocycles. The molecule has 0 aromatic heterocycles. The van der Waals surface area contributed by atoms with E-state index >= 15 is 0 Å². The number of nitrogen functional groups attached to an aromatic ring is 1. The molecule has 28 heavy (non-hydrogen) atoms. The van der Waals surface area contributed by atoms with Crippen molar-refractivity contribution in [2.75, 3.05) is 11.1 Å². The van der Waals surface area contributed by atoms with Gasteiger partial charge in [0.05, 0.1) is 10.6 Å². The van der Waals surface area contributed by atoms with Gasteiger partial charge in [0.15, 0.2) is 0 Å². The minimum Gasteiger partial charge on any atom is -0.478 e. The van der Waals surface area contributed by atoms with Gasteiger partial charge in [-0.05, 0) is 48.0 Å². The lowest BCUT2D eigenvalue weighted by molar-refractivity contribution is -0.115. The van der Waals surface area contributed by atoms with Crippen molar-refractivity contribution in [3.05, 3.63) is 88.9 Å². The fourth-order valence-electron chi connectivity index (χ4n) is 2.56. The number of amides is 1. The zero-order chi connectivity index (χ0) is 20.1. The Labute approximate surface area is 171 Å². The quantitative estimate of drug-likeness (QED) is 0.387. The first-order valence-corrected chi connectivity index (χ1v) is 9.60. The SMILES string of the molecule is Nc1ccc(SC(C(=O)Nc2ccc(Cl)c(C(=O)O)c2)c2ccccc2)cc1. The predicted molar refractivity (Wildman–Crippen MR) is 113 cm³/mol. The van der Waals surface area contributed by atoms with Crippen molar-refractivity contribution in [2.45, 2.75) is 10.1 Å². The second kappa shape index (κ2) is 8.82. The van der Waals surface area contributed by atoms with E-state index < -0.39 is 11.2 Å². The van der Waals surface area contributed by atoms with Gasteiger partial charge in [-0.1, -0.05) is 41.9 Å². The van der Waals surface area contributed by atoms with Gasteiger partial charge >= 0.3 is 5.97 Å². The number of hydrogen-bond donors (Lipinski definition) is 3. The average molecular weight is 413 g/mol. The highest BCUT2D eigenvalue weighted by molar-refractivity contribution is 8.00. The van der Waals surface area contributed by atoms with E-state index in [1.807, 2.05) is 42.5 Å². The molecule has 5 nitrogen and oxygen atoms in total. The molecule has 0 saturated heterocycles. The van der Waals surface area contributed by atoms with Gasteiger partial charge in [-0.25, -0.2) is 4.79 Å². The molecule has 3 aromatic rings. The molecule has 3 rings (SSSR count). The number of rotatable bonds is 6. The number of thioether (sulfide) groups is 1. The standard InChI is InChI=1S/C21H17ClN2O3S/c22-18-11-8-15(12-17(18)21(26)27)24-20(25)19(13-4-2-1-3-5-13)28-16-9-6-14(23)7-10-16/h1-12,19H,23H2,(H,24,25)(H,26,27). The third-order valence-electron chi connectivity index (χ3n) is 3.94. The van der Waals surface area contributed by atoms with Crippen LogP contribution in [-0.4, -0.2) is 17.0 Å². The number of aromatic carboxylic acids is 1. The summed E-state index contributed by atoms with van der Waals surface area (Å²) < 4.78 is 0. The lowest BCUT2D eigenvalue weighted by Gasteiger charge is -2.17. The highest BCUT2D eigenvalue weighted by atomic mass is 35.5. The monoisotopic (exact) mass is 412 g/mol. The Balaban J connectivity index is 1.87. The summed E-state index contributed by atoms with van der Waals surface area (Å²) in [6.07, 6.45) is 0. The van der Waals surface area contributed by atoms with Crippen molar-refractivity contribution in [1.29, 1.82) is 0 Å². The molecule has 1 amide bonds. The van der Waals surface area contributed by atoms with Gasteiger partial charge in [-0.2, -0.15) is 0 Å². The molecule has 142 valence electrons. The first kappa shape index (κ1) is 19.8. The number of halogens is 1. The molecule has 0 fully saturated rings. The van der Waals surface area contributed by atoms with Gasteiger partial charge in [-0.3, -0.25) is 4.79 Å². The van der Waals surface area contributed by atoms with Crippen LogP contribution >= 0.6 is 23.4 Å². The maximum Gasteiger partial charge on any atom is 0.337 e. The Morgan fingerprint density at radius 2 is 1.68 bits per heavy atom. The summed E-state index contributed by atoms with van der Waals surface area (Å²) in [5.41, 5.74) is 7.51. The number of carbonyl (C=O) groups is 2. The minimum atomic E-state index is -1.16. The fraction of sp³-hybridized carbons (Fsp3) is 0.0476. The molecule has 7 heteroatoms. The zero-order valence-corrected chi connectivity index (χ0v) is 16.2. The summed E-state index contributed by atoms with van der Waals surface area (Å²) in [5.74, 6) is -1.43. The molecule has 0 heterocycles. The van der Waals surface area contributed by atoms with E-state index in [9.17, 15) is 14.7 Å². The lowest BCUT2D eigenvalue weighted by Crippen LogP contribution is -2.19. The van der Waals surface area contributed by atoms with E-state index in [0.29, 0.717) is 11.4 Å². The number of carboxylic acid groups (broad SMARTS) is 1. The Morgan fingerprint density at radius 1 is 1.00 bits per heavy atom. The van der Waals surface area contributed by atoms with Gasteiger partial charge < -0.3 is 16.2 Å². The number of benzene rings is 3. The molecule has 0 bridgehead atoms. The van der Waals surface area contributed by atoms with Crippen LogP contribution in [0.15, 0.2) is 77.7 Å². The van der Waals surface area contributed by atoms with E-state index in [1.165, 1.54) is 23.9 Å². The number of carboxylic acids is 1. The molecule has 0 aliphatic rings. The average Bonchev–Trinajstić information content (AvgIpc) is 2.69. The largest absolute Gasteiger partial charge is 0.478 e. The van der Waals surface area contributed by atoms with Gasteiger partial charge in [0, 0.05) is 16.3 Å². The van der Waals surface area contributed by atoms with Crippen LogP contribution in [0.2, 0.25) is 5.02 Å². The minimum absolute atomic E-state index is 0.0677. The summed E-state index contributed by atoms with van der Waals surface area (Å²) in [6, 6.07) is 21.0. The van der Waals surface area contributed by atoms with Crippen LogP contribution in [0.5, 0.6) is 0 Å². The van der Waals surface area contributed by atoms with Gasteiger partial charge in [0.1, 0.15) is 5.25 Å². The second-order valence-corrected chi connectivity index (χ2v) is 7.55. The molecular weight excluding hydrogens is 396 g/mol. The van der Waals surface area contributed by atoms with Crippen LogP contribution in [0.4, 0.5) is 11.4 Å². The van der Waals surface area contributed by atoms with E-state index in [1.54, 1.807) is 18.2 Å². The number of nitrogens with one attached hydrogen (secondary N) is 1. The molecule has 0 spiro atoms. The predicted octanol–water partition coefficient (Wildman–Crippen LogP) is 5.09. The molecule has 3 aromatic carbocycles. The van der Waals surface area contributed by atoms with Gasteiger partial charge in [0.2, 0.25) is 5.91 Å². The summed E-state index contributed by atoms with van der Waals surface area (Å²) in [5, 5.41) is 11.6. The van der Waals surface area contributed by atoms with Gasteiger partial charge in [-0.15, -0.1) is 11.8 Å². The topological polar surface area (TPSA) is 92.4 Å². The number of anilines is 2. The third kappa shape index (κ3) is 4.85. The van der Waals surface area contributed by atoms with Gasteiger partial charge in [0.25, 0.3) is 0 Å². The van der Waals surface area contributed by atoms with Crippen LogP contribution in [0.1, 0.15) is 21.2 Å². The van der Waals surface area contributed by atoms with Crippen LogP contribution in [0.3, 0.4) is 0 Å². The van der Waals surface area contributed by atoms with Crippen LogP contribution in [0, 0.1) is 0 Å². The second-order valence-electron chi connectivity index (χ2n) is 5.97. The lowest BCUT2D eigenvalue weighted by atomic mass is 10.1. The molecular formula is C21H17ClN2O3S. The van der Waals surface area contributed by atoms with E-state index in [4.69, 9.17) is 17.3 Å². The van der Waals surface area contributed by atoms with Crippen LogP contribution in [0.25, 0.3) is 0 Å². The Morgan fingerprint density at radius 3 is 2.32 bits per heavy atom. The molecule has 0 saturated carbocycles. The highest BCUT2D eigenvalue weighted by Crippen LogP contribution is 2.36. The Bertz CT molecular complexity index is 994. The number of carbonyl (C=O) groups excluding carboxylic acids is 1.